The Hall–Kier alpha value is -1.27. The first kappa shape index (κ1) is 11.2. The van der Waals surface area contributed by atoms with Crippen LogP contribution in [0.2, 0.25) is 0 Å². The second kappa shape index (κ2) is 4.31. The van der Waals surface area contributed by atoms with Crippen LogP contribution in [0.3, 0.4) is 0 Å². The van der Waals surface area contributed by atoms with Gasteiger partial charge in [0.2, 0.25) is 0 Å². The molecule has 0 spiro atoms. The standard InChI is InChI=1S/C10H11F2N3S/c11-10(12,5-13)6-15-9-7-2-4-16-8(7)1-3-14-9/h1-4H,5-6,13H2,(H,14,15). The number of thiophene rings is 1. The molecule has 0 radical (unpaired) electrons. The lowest BCUT2D eigenvalue weighted by atomic mass is 10.3. The second-order valence-electron chi connectivity index (χ2n) is 3.41. The van der Waals surface area contributed by atoms with Crippen LogP contribution in [0.4, 0.5) is 14.6 Å². The Bertz CT molecular complexity index is 484. The monoisotopic (exact) mass is 243 g/mol. The molecule has 6 heteroatoms. The number of nitrogens with two attached hydrogens (primary N) is 1. The molecule has 0 unspecified atom stereocenters. The lowest BCUT2D eigenvalue weighted by Gasteiger charge is -2.15. The Labute approximate surface area is 95.3 Å². The maximum absolute atomic E-state index is 13.0. The molecule has 3 nitrogen and oxygen atoms in total. The number of pyridine rings is 1. The molecule has 2 heterocycles. The fourth-order valence-electron chi connectivity index (χ4n) is 1.32. The SMILES string of the molecule is NCC(F)(F)CNc1nccc2sccc12. The molecule has 0 aromatic carbocycles. The van der Waals surface area contributed by atoms with Crippen LogP contribution in [0.5, 0.6) is 0 Å². The molecular formula is C10H11F2N3S. The van der Waals surface area contributed by atoms with Crippen molar-refractivity contribution in [3.63, 3.8) is 0 Å². The summed E-state index contributed by atoms with van der Waals surface area (Å²) in [6.45, 7) is -1.16. The topological polar surface area (TPSA) is 50.9 Å². The molecule has 2 aromatic heterocycles. The number of rotatable bonds is 4. The Balaban J connectivity index is 2.18. The largest absolute Gasteiger partial charge is 0.363 e. The molecule has 16 heavy (non-hydrogen) atoms. The van der Waals surface area contributed by atoms with Gasteiger partial charge in [0.1, 0.15) is 5.82 Å². The van der Waals surface area contributed by atoms with Gasteiger partial charge in [0, 0.05) is 16.3 Å². The molecule has 86 valence electrons. The zero-order valence-corrected chi connectivity index (χ0v) is 9.23. The highest BCUT2D eigenvalue weighted by Gasteiger charge is 2.26. The van der Waals surface area contributed by atoms with Gasteiger partial charge in [-0.2, -0.15) is 0 Å². The first-order valence-electron chi connectivity index (χ1n) is 4.76. The van der Waals surface area contributed by atoms with Crippen LogP contribution in [-0.4, -0.2) is 24.0 Å². The van der Waals surface area contributed by atoms with Crippen LogP contribution in [0.25, 0.3) is 10.1 Å². The van der Waals surface area contributed by atoms with E-state index in [0.29, 0.717) is 5.82 Å². The first-order valence-corrected chi connectivity index (χ1v) is 5.64. The van der Waals surface area contributed by atoms with Crippen molar-refractivity contribution in [3.8, 4) is 0 Å². The molecule has 3 N–H and O–H groups in total. The van der Waals surface area contributed by atoms with Gasteiger partial charge in [0.25, 0.3) is 5.92 Å². The van der Waals surface area contributed by atoms with Crippen molar-refractivity contribution in [2.24, 2.45) is 5.73 Å². The summed E-state index contributed by atoms with van der Waals surface area (Å²) in [7, 11) is 0. The van der Waals surface area contributed by atoms with E-state index in [9.17, 15) is 8.78 Å². The molecule has 0 amide bonds. The molecule has 0 aliphatic heterocycles. The third-order valence-corrected chi connectivity index (χ3v) is 3.08. The maximum atomic E-state index is 13.0. The maximum Gasteiger partial charge on any atom is 0.276 e. The summed E-state index contributed by atoms with van der Waals surface area (Å²) in [6, 6.07) is 3.71. The molecule has 0 saturated heterocycles. The number of nitrogens with zero attached hydrogens (tertiary/aromatic N) is 1. The Morgan fingerprint density at radius 1 is 1.44 bits per heavy atom. The first-order chi connectivity index (χ1) is 7.62. The van der Waals surface area contributed by atoms with Crippen molar-refractivity contribution in [1.82, 2.24) is 4.98 Å². The van der Waals surface area contributed by atoms with Gasteiger partial charge in [-0.3, -0.25) is 0 Å². The van der Waals surface area contributed by atoms with Crippen LogP contribution in [0.1, 0.15) is 0 Å². The average Bonchev–Trinajstić information content (AvgIpc) is 2.75. The number of halogens is 2. The van der Waals surface area contributed by atoms with Crippen LogP contribution in [0.15, 0.2) is 23.7 Å². The van der Waals surface area contributed by atoms with E-state index in [0.717, 1.165) is 10.1 Å². The van der Waals surface area contributed by atoms with Gasteiger partial charge < -0.3 is 11.1 Å². The van der Waals surface area contributed by atoms with Crippen LogP contribution in [-0.2, 0) is 0 Å². The van der Waals surface area contributed by atoms with E-state index in [4.69, 9.17) is 5.73 Å². The highest BCUT2D eigenvalue weighted by molar-refractivity contribution is 7.17. The van der Waals surface area contributed by atoms with E-state index in [-0.39, 0.29) is 0 Å². The molecule has 2 rings (SSSR count). The molecule has 0 atom stereocenters. The third kappa shape index (κ3) is 2.28. The number of anilines is 1. The van der Waals surface area contributed by atoms with E-state index in [1.54, 1.807) is 17.5 Å². The van der Waals surface area contributed by atoms with Crippen LogP contribution in [0, 0.1) is 0 Å². The summed E-state index contributed by atoms with van der Waals surface area (Å²) in [5.74, 6) is -2.42. The van der Waals surface area contributed by atoms with E-state index in [1.165, 1.54) is 0 Å². The second-order valence-corrected chi connectivity index (χ2v) is 4.35. The number of alkyl halides is 2. The van der Waals surface area contributed by atoms with E-state index < -0.39 is 19.0 Å². The van der Waals surface area contributed by atoms with Crippen LogP contribution < -0.4 is 11.1 Å². The van der Waals surface area contributed by atoms with E-state index >= 15 is 0 Å². The minimum atomic E-state index is -2.90. The number of hydrogen-bond donors (Lipinski definition) is 2. The predicted octanol–water partition coefficient (Wildman–Crippen LogP) is 2.30. The zero-order valence-electron chi connectivity index (χ0n) is 8.41. The summed E-state index contributed by atoms with van der Waals surface area (Å²) in [4.78, 5) is 4.04. The zero-order chi connectivity index (χ0) is 11.6. The van der Waals surface area contributed by atoms with Gasteiger partial charge in [-0.1, -0.05) is 0 Å². The van der Waals surface area contributed by atoms with Gasteiger partial charge >= 0.3 is 0 Å². The lowest BCUT2D eigenvalue weighted by Crippen LogP contribution is -2.35. The third-order valence-electron chi connectivity index (χ3n) is 2.19. The van der Waals surface area contributed by atoms with Crippen molar-refractivity contribution in [2.75, 3.05) is 18.4 Å². The van der Waals surface area contributed by atoms with Crippen molar-refractivity contribution >= 4 is 27.2 Å². The summed E-state index contributed by atoms with van der Waals surface area (Å²) in [5, 5.41) is 5.39. The predicted molar refractivity (Wildman–Crippen MR) is 62.1 cm³/mol. The van der Waals surface area contributed by atoms with Crippen LogP contribution >= 0.6 is 11.3 Å². The van der Waals surface area contributed by atoms with Gasteiger partial charge in [0.15, 0.2) is 0 Å². The fraction of sp³-hybridized carbons (Fsp3) is 0.300. The van der Waals surface area contributed by atoms with Crippen molar-refractivity contribution in [3.05, 3.63) is 23.7 Å². The molecule has 0 saturated carbocycles. The fourth-order valence-corrected chi connectivity index (χ4v) is 2.10. The quantitative estimate of drug-likeness (QED) is 0.866. The van der Waals surface area contributed by atoms with E-state index in [2.05, 4.69) is 10.3 Å². The summed E-state index contributed by atoms with van der Waals surface area (Å²) in [6.07, 6.45) is 1.60. The average molecular weight is 243 g/mol. The number of fused-ring (bicyclic) bond motifs is 1. The lowest BCUT2D eigenvalue weighted by molar-refractivity contribution is 0.0253. The van der Waals surface area contributed by atoms with Gasteiger partial charge in [0.05, 0.1) is 13.1 Å². The molecular weight excluding hydrogens is 232 g/mol. The van der Waals surface area contributed by atoms with Crippen molar-refractivity contribution in [1.29, 1.82) is 0 Å². The molecule has 0 aliphatic rings. The van der Waals surface area contributed by atoms with E-state index in [1.807, 2.05) is 17.5 Å². The number of nitrogens with one attached hydrogen (secondary N) is 1. The normalized spacial score (nSPS) is 11.9. The number of aromatic nitrogens is 1. The Morgan fingerprint density at radius 2 is 2.25 bits per heavy atom. The number of hydrogen-bond acceptors (Lipinski definition) is 4. The van der Waals surface area contributed by atoms with Gasteiger partial charge in [-0.25, -0.2) is 13.8 Å². The summed E-state index contributed by atoms with van der Waals surface area (Å²) >= 11 is 1.55. The minimum absolute atomic E-state index is 0.479. The molecule has 2 aromatic rings. The van der Waals surface area contributed by atoms with Crippen molar-refractivity contribution < 1.29 is 8.78 Å². The summed E-state index contributed by atoms with van der Waals surface area (Å²) < 4.78 is 26.9. The Kier molecular flexibility index (Phi) is 3.02. The highest BCUT2D eigenvalue weighted by atomic mass is 32.1. The van der Waals surface area contributed by atoms with Crippen molar-refractivity contribution in [2.45, 2.75) is 5.92 Å². The minimum Gasteiger partial charge on any atom is -0.363 e. The van der Waals surface area contributed by atoms with Gasteiger partial charge in [-0.05, 0) is 17.5 Å². The summed E-state index contributed by atoms with van der Waals surface area (Å²) in [5.41, 5.74) is 4.95. The molecule has 0 aliphatic carbocycles. The Morgan fingerprint density at radius 3 is 3.00 bits per heavy atom. The smallest absolute Gasteiger partial charge is 0.276 e. The van der Waals surface area contributed by atoms with Gasteiger partial charge in [-0.15, -0.1) is 11.3 Å². The molecule has 0 bridgehead atoms. The molecule has 0 fully saturated rings. The highest BCUT2D eigenvalue weighted by Crippen LogP contribution is 2.26.